The highest BCUT2D eigenvalue weighted by Crippen LogP contribution is 2.25. The quantitative estimate of drug-likeness (QED) is 0.752. The highest BCUT2D eigenvalue weighted by Gasteiger charge is 2.25. The fraction of sp³-hybridized carbons (Fsp3) is 0.800. The Morgan fingerprint density at radius 3 is 3.07 bits per heavy atom. The van der Waals surface area contributed by atoms with E-state index in [-0.39, 0.29) is 0 Å². The predicted octanol–water partition coefficient (Wildman–Crippen LogP) is 0.733. The zero-order valence-electron chi connectivity index (χ0n) is 8.70. The van der Waals surface area contributed by atoms with Crippen molar-refractivity contribution in [1.29, 1.82) is 0 Å². The number of hydrogen-bond acceptors (Lipinski definition) is 4. The van der Waals surface area contributed by atoms with E-state index < -0.39 is 0 Å². The molecule has 2 atom stereocenters. The van der Waals surface area contributed by atoms with Crippen LogP contribution in [0.15, 0.2) is 0 Å². The predicted molar refractivity (Wildman–Crippen MR) is 54.5 cm³/mol. The topological polar surface area (TPSA) is 62.8 Å². The second-order valence-corrected chi connectivity index (χ2v) is 4.29. The van der Waals surface area contributed by atoms with Crippen molar-refractivity contribution in [3.05, 3.63) is 11.6 Å². The Kier molecular flexibility index (Phi) is 2.42. The lowest BCUT2D eigenvalue weighted by atomic mass is 10.1. The Labute approximate surface area is 88.6 Å². The Balaban J connectivity index is 1.74. The Morgan fingerprint density at radius 1 is 1.33 bits per heavy atom. The standard InChI is InChI=1S/C10H16N4O/c1-2-8(11-4-1)10-12-9(13-14-10)7-3-5-15-6-7/h7-8,11H,1-6H2,(H,12,13,14). The van der Waals surface area contributed by atoms with Gasteiger partial charge in [-0.3, -0.25) is 5.10 Å². The van der Waals surface area contributed by atoms with Crippen LogP contribution in [0.25, 0.3) is 0 Å². The van der Waals surface area contributed by atoms with Crippen molar-refractivity contribution in [3.63, 3.8) is 0 Å². The minimum Gasteiger partial charge on any atom is -0.381 e. The molecule has 1 aromatic heterocycles. The van der Waals surface area contributed by atoms with Crippen LogP contribution in [0, 0.1) is 0 Å². The summed E-state index contributed by atoms with van der Waals surface area (Å²) < 4.78 is 5.34. The molecule has 2 saturated heterocycles. The first kappa shape index (κ1) is 9.30. The van der Waals surface area contributed by atoms with Crippen LogP contribution in [0.5, 0.6) is 0 Å². The monoisotopic (exact) mass is 208 g/mol. The summed E-state index contributed by atoms with van der Waals surface area (Å²) in [7, 11) is 0. The van der Waals surface area contributed by atoms with Gasteiger partial charge < -0.3 is 10.1 Å². The van der Waals surface area contributed by atoms with Gasteiger partial charge in [-0.25, -0.2) is 4.98 Å². The summed E-state index contributed by atoms with van der Waals surface area (Å²) in [5.74, 6) is 2.32. The van der Waals surface area contributed by atoms with Gasteiger partial charge in [0.1, 0.15) is 5.82 Å². The molecule has 5 heteroatoms. The van der Waals surface area contributed by atoms with Gasteiger partial charge in [-0.2, -0.15) is 5.10 Å². The molecule has 3 heterocycles. The number of H-pyrrole nitrogens is 1. The summed E-state index contributed by atoms with van der Waals surface area (Å²) >= 11 is 0. The summed E-state index contributed by atoms with van der Waals surface area (Å²) in [5.41, 5.74) is 0. The summed E-state index contributed by atoms with van der Waals surface area (Å²) in [6.45, 7) is 2.71. The lowest BCUT2D eigenvalue weighted by Crippen LogP contribution is -2.14. The van der Waals surface area contributed by atoms with Crippen LogP contribution in [0.1, 0.15) is 42.9 Å². The van der Waals surface area contributed by atoms with Crippen LogP contribution < -0.4 is 5.32 Å². The van der Waals surface area contributed by atoms with Crippen molar-refractivity contribution < 1.29 is 4.74 Å². The van der Waals surface area contributed by atoms with Crippen LogP contribution in [0.3, 0.4) is 0 Å². The maximum absolute atomic E-state index is 5.34. The Hall–Kier alpha value is -0.940. The summed E-state index contributed by atoms with van der Waals surface area (Å²) in [4.78, 5) is 4.57. The molecule has 0 saturated carbocycles. The van der Waals surface area contributed by atoms with E-state index in [1.54, 1.807) is 0 Å². The minimum absolute atomic E-state index is 0.383. The van der Waals surface area contributed by atoms with Crippen molar-refractivity contribution in [3.8, 4) is 0 Å². The lowest BCUT2D eigenvalue weighted by molar-refractivity contribution is 0.193. The second-order valence-electron chi connectivity index (χ2n) is 4.29. The van der Waals surface area contributed by atoms with E-state index in [9.17, 15) is 0 Å². The van der Waals surface area contributed by atoms with Crippen LogP contribution in [-0.2, 0) is 4.74 Å². The van der Waals surface area contributed by atoms with E-state index >= 15 is 0 Å². The van der Waals surface area contributed by atoms with E-state index in [1.807, 2.05) is 0 Å². The van der Waals surface area contributed by atoms with Gasteiger partial charge in [0, 0.05) is 12.5 Å². The third-order valence-electron chi connectivity index (χ3n) is 3.21. The van der Waals surface area contributed by atoms with Gasteiger partial charge in [-0.05, 0) is 25.8 Å². The normalized spacial score (nSPS) is 31.2. The van der Waals surface area contributed by atoms with Gasteiger partial charge in [-0.1, -0.05) is 0 Å². The van der Waals surface area contributed by atoms with E-state index in [4.69, 9.17) is 4.74 Å². The van der Waals surface area contributed by atoms with E-state index in [0.717, 1.165) is 44.2 Å². The number of aromatic nitrogens is 3. The van der Waals surface area contributed by atoms with Gasteiger partial charge in [0.05, 0.1) is 12.6 Å². The number of rotatable bonds is 2. The van der Waals surface area contributed by atoms with Crippen LogP contribution in [0.4, 0.5) is 0 Å². The molecule has 3 rings (SSSR count). The number of nitrogens with zero attached hydrogens (tertiary/aromatic N) is 2. The zero-order valence-corrected chi connectivity index (χ0v) is 8.70. The van der Waals surface area contributed by atoms with Crippen molar-refractivity contribution in [2.75, 3.05) is 19.8 Å². The molecular formula is C10H16N4O. The highest BCUT2D eigenvalue weighted by atomic mass is 16.5. The van der Waals surface area contributed by atoms with Crippen LogP contribution in [0.2, 0.25) is 0 Å². The molecule has 0 aliphatic carbocycles. The molecule has 82 valence electrons. The van der Waals surface area contributed by atoms with Gasteiger partial charge in [0.2, 0.25) is 0 Å². The number of hydrogen-bond donors (Lipinski definition) is 2. The number of ether oxygens (including phenoxy) is 1. The Morgan fingerprint density at radius 2 is 2.33 bits per heavy atom. The number of aromatic amines is 1. The van der Waals surface area contributed by atoms with E-state index in [2.05, 4.69) is 20.5 Å². The third kappa shape index (κ3) is 1.77. The van der Waals surface area contributed by atoms with Crippen molar-refractivity contribution in [2.24, 2.45) is 0 Å². The highest BCUT2D eigenvalue weighted by molar-refractivity contribution is 5.03. The molecule has 2 aliphatic rings. The second kappa shape index (κ2) is 3.90. The van der Waals surface area contributed by atoms with Gasteiger partial charge in [-0.15, -0.1) is 0 Å². The molecule has 2 unspecified atom stereocenters. The smallest absolute Gasteiger partial charge is 0.156 e. The average molecular weight is 208 g/mol. The Bertz CT molecular complexity index is 295. The maximum atomic E-state index is 5.34. The molecular weight excluding hydrogens is 192 g/mol. The molecule has 0 aromatic carbocycles. The van der Waals surface area contributed by atoms with Crippen molar-refractivity contribution in [2.45, 2.75) is 31.2 Å². The molecule has 0 amide bonds. The third-order valence-corrected chi connectivity index (χ3v) is 3.21. The molecule has 15 heavy (non-hydrogen) atoms. The van der Waals surface area contributed by atoms with Crippen LogP contribution in [-0.4, -0.2) is 34.9 Å². The van der Waals surface area contributed by atoms with Crippen LogP contribution >= 0.6 is 0 Å². The lowest BCUT2D eigenvalue weighted by Gasteiger charge is -2.04. The largest absolute Gasteiger partial charge is 0.381 e. The molecule has 2 N–H and O–H groups in total. The molecule has 1 aromatic rings. The summed E-state index contributed by atoms with van der Waals surface area (Å²) in [6.07, 6.45) is 3.44. The first-order valence-corrected chi connectivity index (χ1v) is 5.67. The van der Waals surface area contributed by atoms with Crippen molar-refractivity contribution in [1.82, 2.24) is 20.5 Å². The SMILES string of the molecule is C1CNC(c2nc(C3CCOC3)n[nH]2)C1. The van der Waals surface area contributed by atoms with E-state index in [1.165, 1.54) is 6.42 Å². The maximum Gasteiger partial charge on any atom is 0.156 e. The first-order chi connectivity index (χ1) is 7.43. The van der Waals surface area contributed by atoms with E-state index in [0.29, 0.717) is 12.0 Å². The van der Waals surface area contributed by atoms with Gasteiger partial charge >= 0.3 is 0 Å². The molecule has 2 aliphatic heterocycles. The number of nitrogens with one attached hydrogen (secondary N) is 2. The minimum atomic E-state index is 0.383. The van der Waals surface area contributed by atoms with Crippen molar-refractivity contribution >= 4 is 0 Å². The molecule has 0 radical (unpaired) electrons. The molecule has 5 nitrogen and oxygen atoms in total. The summed E-state index contributed by atoms with van der Waals surface area (Å²) in [5, 5.41) is 10.7. The summed E-state index contributed by atoms with van der Waals surface area (Å²) in [6, 6.07) is 0.383. The molecule has 0 spiro atoms. The average Bonchev–Trinajstić information content (AvgIpc) is 3.02. The molecule has 2 fully saturated rings. The van der Waals surface area contributed by atoms with Gasteiger partial charge in [0.15, 0.2) is 5.82 Å². The molecule has 0 bridgehead atoms. The fourth-order valence-electron chi connectivity index (χ4n) is 2.28. The fourth-order valence-corrected chi connectivity index (χ4v) is 2.28. The first-order valence-electron chi connectivity index (χ1n) is 5.67. The van der Waals surface area contributed by atoms with Gasteiger partial charge in [0.25, 0.3) is 0 Å². The zero-order chi connectivity index (χ0) is 10.1.